The number of phenols is 1. The number of methoxy groups -OCH3 is 1. The van der Waals surface area contributed by atoms with Gasteiger partial charge in [0.1, 0.15) is 17.2 Å². The molecule has 0 bridgehead atoms. The van der Waals surface area contributed by atoms with E-state index in [0.717, 1.165) is 33.7 Å². The van der Waals surface area contributed by atoms with Gasteiger partial charge in [-0.15, -0.1) is 0 Å². The second kappa shape index (κ2) is 13.3. The van der Waals surface area contributed by atoms with E-state index < -0.39 is 11.9 Å². The van der Waals surface area contributed by atoms with Crippen molar-refractivity contribution < 1.29 is 24.5 Å². The molecule has 0 amide bonds. The van der Waals surface area contributed by atoms with Gasteiger partial charge in [0.2, 0.25) is 0 Å². The van der Waals surface area contributed by atoms with Crippen LogP contribution in [0.1, 0.15) is 59.1 Å². The van der Waals surface area contributed by atoms with Crippen molar-refractivity contribution in [1.29, 1.82) is 0 Å². The van der Waals surface area contributed by atoms with Gasteiger partial charge in [0.15, 0.2) is 5.75 Å². The lowest BCUT2D eigenvalue weighted by Crippen LogP contribution is -2.09. The number of benzene rings is 4. The Kier molecular flexibility index (Phi) is 9.51. The first-order valence-electron chi connectivity index (χ1n) is 14.2. The van der Waals surface area contributed by atoms with Crippen molar-refractivity contribution in [1.82, 2.24) is 4.57 Å². The van der Waals surface area contributed by atoms with E-state index in [1.54, 1.807) is 25.3 Å². The topological polar surface area (TPSA) is 80.9 Å². The van der Waals surface area contributed by atoms with E-state index in [0.29, 0.717) is 31.6 Å². The number of phenolic OH excluding ortho intramolecular Hbond substituents is 1. The summed E-state index contributed by atoms with van der Waals surface area (Å²) in [5.74, 6) is 0.752. The maximum absolute atomic E-state index is 11.4. The second-order valence-corrected chi connectivity index (χ2v) is 12.7. The molecular formula is C36H33Br2NO5. The Bertz CT molecular complexity index is 1790. The summed E-state index contributed by atoms with van der Waals surface area (Å²) in [6.07, 6.45) is 3.82. The Morgan fingerprint density at radius 3 is 2.16 bits per heavy atom. The summed E-state index contributed by atoms with van der Waals surface area (Å²) < 4.78 is 15.9. The molecule has 0 saturated heterocycles. The quantitative estimate of drug-likeness (QED) is 0.141. The molecule has 0 radical (unpaired) electrons. The number of rotatable bonds is 10. The fourth-order valence-corrected chi connectivity index (χ4v) is 6.89. The Morgan fingerprint density at radius 2 is 1.55 bits per heavy atom. The average molecular weight is 719 g/mol. The molecule has 8 heteroatoms. The minimum atomic E-state index is -0.917. The summed E-state index contributed by atoms with van der Waals surface area (Å²) in [6.45, 7) is 6.24. The smallest absolute Gasteiger partial charge is 0.307 e. The molecular weight excluding hydrogens is 686 g/mol. The highest BCUT2D eigenvalue weighted by atomic mass is 79.9. The Labute approximate surface area is 274 Å². The number of ether oxygens (including phenoxy) is 2. The molecule has 5 aromatic rings. The number of aromatic hydroxyl groups is 1. The number of aliphatic carboxylic acids is 1. The molecule has 0 aliphatic carbocycles. The largest absolute Gasteiger partial charge is 0.508 e. The number of aryl methyl sites for hydroxylation is 1. The van der Waals surface area contributed by atoms with Gasteiger partial charge in [-0.1, -0.05) is 43.7 Å². The van der Waals surface area contributed by atoms with Crippen LogP contribution in [-0.4, -0.2) is 27.9 Å². The molecule has 0 fully saturated rings. The number of halogens is 2. The lowest BCUT2D eigenvalue weighted by Gasteiger charge is -2.26. The maximum atomic E-state index is 11.4. The third kappa shape index (κ3) is 6.71. The zero-order chi connectivity index (χ0) is 31.5. The highest BCUT2D eigenvalue weighted by Crippen LogP contribution is 2.48. The van der Waals surface area contributed by atoms with Gasteiger partial charge in [0.05, 0.1) is 22.5 Å². The number of aromatic nitrogens is 1. The summed E-state index contributed by atoms with van der Waals surface area (Å²) in [5.41, 5.74) is 6.07. The molecule has 1 heterocycles. The van der Waals surface area contributed by atoms with Crippen LogP contribution in [0.15, 0.2) is 100 Å². The molecule has 226 valence electrons. The van der Waals surface area contributed by atoms with E-state index in [2.05, 4.69) is 57.8 Å². The van der Waals surface area contributed by atoms with Crippen LogP contribution in [0, 0.1) is 6.92 Å². The molecule has 6 nitrogen and oxygen atoms in total. The molecule has 1 atom stereocenters. The first-order valence-corrected chi connectivity index (χ1v) is 15.8. The van der Waals surface area contributed by atoms with Crippen LogP contribution >= 0.6 is 31.9 Å². The van der Waals surface area contributed by atoms with Gasteiger partial charge in [-0.25, -0.2) is 0 Å². The third-order valence-electron chi connectivity index (χ3n) is 7.52. The number of nitrogens with zero attached hydrogens (tertiary/aromatic N) is 1. The predicted octanol–water partition coefficient (Wildman–Crippen LogP) is 9.75. The van der Waals surface area contributed by atoms with Crippen LogP contribution in [0.2, 0.25) is 0 Å². The van der Waals surface area contributed by atoms with Crippen molar-refractivity contribution in [2.24, 2.45) is 0 Å². The molecule has 4 aromatic carbocycles. The molecule has 44 heavy (non-hydrogen) atoms. The molecule has 1 unspecified atom stereocenters. The van der Waals surface area contributed by atoms with Crippen LogP contribution < -0.4 is 9.47 Å². The van der Waals surface area contributed by atoms with E-state index in [4.69, 9.17) is 9.47 Å². The van der Waals surface area contributed by atoms with Gasteiger partial charge in [0.25, 0.3) is 0 Å². The second-order valence-electron chi connectivity index (χ2n) is 11.0. The fraction of sp³-hybridized carbons (Fsp3) is 0.194. The minimum absolute atomic E-state index is 0.116. The lowest BCUT2D eigenvalue weighted by molar-refractivity contribution is -0.136. The monoisotopic (exact) mass is 717 g/mol. The fourth-order valence-electron chi connectivity index (χ4n) is 5.45. The summed E-state index contributed by atoms with van der Waals surface area (Å²) in [6, 6.07) is 25.3. The van der Waals surface area contributed by atoms with Crippen LogP contribution in [0.4, 0.5) is 0 Å². The van der Waals surface area contributed by atoms with Gasteiger partial charge in [-0.05, 0) is 110 Å². The molecule has 0 aliphatic rings. The van der Waals surface area contributed by atoms with Gasteiger partial charge >= 0.3 is 5.97 Å². The van der Waals surface area contributed by atoms with E-state index in [1.807, 2.05) is 72.4 Å². The number of carboxylic acids is 1. The van der Waals surface area contributed by atoms with Crippen molar-refractivity contribution in [3.8, 4) is 28.7 Å². The number of carbonyl (C=O) groups is 1. The van der Waals surface area contributed by atoms with E-state index in [1.165, 1.54) is 0 Å². The van der Waals surface area contributed by atoms with E-state index >= 15 is 0 Å². The Hall–Kier alpha value is -4.01. The number of hydrogen-bond acceptors (Lipinski definition) is 4. The first kappa shape index (κ1) is 31.4. The highest BCUT2D eigenvalue weighted by molar-refractivity contribution is 9.11. The standard InChI is InChI=1S/C36H33Br2NO5/c1-21(2)26-19-33(44-36-29(37)15-23(16-30(36)38)17-34(41)42)28(20-32(26)43-4)35(24-9-7-8-22(3)14-24)27-18-25(10-11-31(27)40)39-12-5-6-13-39/h5-16,18-21,35,40H,17H2,1-4H3,(H,41,42). The van der Waals surface area contributed by atoms with Gasteiger partial charge in [-0.2, -0.15) is 0 Å². The summed E-state index contributed by atoms with van der Waals surface area (Å²) in [5, 5.41) is 20.7. The average Bonchev–Trinajstić information content (AvgIpc) is 3.51. The normalized spacial score (nSPS) is 11.9. The number of hydrogen-bond donors (Lipinski definition) is 2. The first-order chi connectivity index (χ1) is 21.0. The van der Waals surface area contributed by atoms with Crippen LogP contribution in [-0.2, 0) is 11.2 Å². The van der Waals surface area contributed by atoms with Crippen molar-refractivity contribution in [3.05, 3.63) is 134 Å². The van der Waals surface area contributed by atoms with Gasteiger partial charge in [0, 0.05) is 40.7 Å². The minimum Gasteiger partial charge on any atom is -0.508 e. The summed E-state index contributed by atoms with van der Waals surface area (Å²) in [4.78, 5) is 11.4. The van der Waals surface area contributed by atoms with Crippen LogP contribution in [0.3, 0.4) is 0 Å². The van der Waals surface area contributed by atoms with Crippen molar-refractivity contribution in [2.45, 2.75) is 39.0 Å². The third-order valence-corrected chi connectivity index (χ3v) is 8.70. The zero-order valence-corrected chi connectivity index (χ0v) is 28.0. The van der Waals surface area contributed by atoms with Crippen LogP contribution in [0.5, 0.6) is 23.0 Å². The SMILES string of the molecule is COc1cc(C(c2cccc(C)c2)c2cc(-n3cccc3)ccc2O)c(Oc2c(Br)cc(CC(=O)O)cc2Br)cc1C(C)C. The van der Waals surface area contributed by atoms with E-state index in [9.17, 15) is 15.0 Å². The van der Waals surface area contributed by atoms with Crippen molar-refractivity contribution >= 4 is 37.8 Å². The summed E-state index contributed by atoms with van der Waals surface area (Å²) >= 11 is 7.22. The Morgan fingerprint density at radius 1 is 0.864 bits per heavy atom. The predicted molar refractivity (Wildman–Crippen MR) is 180 cm³/mol. The van der Waals surface area contributed by atoms with Crippen LogP contribution in [0.25, 0.3) is 5.69 Å². The van der Waals surface area contributed by atoms with Crippen molar-refractivity contribution in [2.75, 3.05) is 7.11 Å². The molecule has 0 aliphatic heterocycles. The van der Waals surface area contributed by atoms with Gasteiger partial charge in [-0.3, -0.25) is 4.79 Å². The molecule has 0 saturated carbocycles. The molecule has 0 spiro atoms. The van der Waals surface area contributed by atoms with E-state index in [-0.39, 0.29) is 18.1 Å². The highest BCUT2D eigenvalue weighted by Gasteiger charge is 2.28. The van der Waals surface area contributed by atoms with Crippen molar-refractivity contribution in [3.63, 3.8) is 0 Å². The van der Waals surface area contributed by atoms with Gasteiger partial charge < -0.3 is 24.3 Å². The Balaban J connectivity index is 1.77. The molecule has 1 aromatic heterocycles. The zero-order valence-electron chi connectivity index (χ0n) is 24.8. The maximum Gasteiger partial charge on any atom is 0.307 e. The summed E-state index contributed by atoms with van der Waals surface area (Å²) in [7, 11) is 1.66. The molecule has 5 rings (SSSR count). The number of carboxylic acid groups (broad SMARTS) is 1. The lowest BCUT2D eigenvalue weighted by atomic mass is 9.82. The molecule has 2 N–H and O–H groups in total.